The monoisotopic (exact) mass is 290 g/mol. The summed E-state index contributed by atoms with van der Waals surface area (Å²) in [4.78, 5) is 0. The summed E-state index contributed by atoms with van der Waals surface area (Å²) >= 11 is 0. The van der Waals surface area contributed by atoms with Crippen LogP contribution in [0.5, 0.6) is 5.75 Å². The highest BCUT2D eigenvalue weighted by Gasteiger charge is 2.22. The van der Waals surface area contributed by atoms with Crippen molar-refractivity contribution in [2.24, 2.45) is 11.8 Å². The van der Waals surface area contributed by atoms with Gasteiger partial charge >= 0.3 is 6.48 Å². The first-order chi connectivity index (χ1) is 10.2. The van der Waals surface area contributed by atoms with Gasteiger partial charge in [-0.2, -0.15) is 0 Å². The zero-order valence-corrected chi connectivity index (χ0v) is 13.1. The van der Waals surface area contributed by atoms with Crippen LogP contribution in [0, 0.1) is 11.8 Å². The molecule has 0 aromatic heterocycles. The molecule has 116 valence electrons. The van der Waals surface area contributed by atoms with Crippen molar-refractivity contribution < 1.29 is 14.2 Å². The summed E-state index contributed by atoms with van der Waals surface area (Å²) in [6, 6.07) is 8.47. The lowest BCUT2D eigenvalue weighted by Gasteiger charge is -2.28. The maximum Gasteiger partial charge on any atom is 0.315 e. The van der Waals surface area contributed by atoms with E-state index < -0.39 is 6.48 Å². The van der Waals surface area contributed by atoms with Crippen molar-refractivity contribution in [2.45, 2.75) is 51.9 Å². The fourth-order valence-electron chi connectivity index (χ4n) is 3.17. The van der Waals surface area contributed by atoms with Gasteiger partial charge in [-0.25, -0.2) is 0 Å². The van der Waals surface area contributed by atoms with Gasteiger partial charge in [0.1, 0.15) is 5.75 Å². The standard InChI is InChI=1S/C18H26O3/c1-13-3-5-15(6-4-13)16-7-9-17(10-8-16)21-18-19-11-14(2)12-20-18/h7-10,13-15,18H,3-6,11-12H2,1-2H3. The summed E-state index contributed by atoms with van der Waals surface area (Å²) in [6.45, 7) is 5.31. The molecule has 3 nitrogen and oxygen atoms in total. The summed E-state index contributed by atoms with van der Waals surface area (Å²) in [5, 5.41) is 0. The third kappa shape index (κ3) is 3.98. The molecule has 3 heteroatoms. The fraction of sp³-hybridized carbons (Fsp3) is 0.667. The molecule has 21 heavy (non-hydrogen) atoms. The minimum atomic E-state index is -0.553. The van der Waals surface area contributed by atoms with Crippen molar-refractivity contribution in [3.63, 3.8) is 0 Å². The van der Waals surface area contributed by atoms with Crippen molar-refractivity contribution in [2.75, 3.05) is 13.2 Å². The van der Waals surface area contributed by atoms with Gasteiger partial charge in [0, 0.05) is 5.92 Å². The van der Waals surface area contributed by atoms with Crippen molar-refractivity contribution in [3.05, 3.63) is 29.8 Å². The topological polar surface area (TPSA) is 27.7 Å². The van der Waals surface area contributed by atoms with Crippen molar-refractivity contribution >= 4 is 0 Å². The van der Waals surface area contributed by atoms with Gasteiger partial charge in [-0.1, -0.05) is 38.8 Å². The molecule has 0 atom stereocenters. The molecular weight excluding hydrogens is 264 g/mol. The van der Waals surface area contributed by atoms with Crippen molar-refractivity contribution in [1.82, 2.24) is 0 Å². The number of benzene rings is 1. The quantitative estimate of drug-likeness (QED) is 0.829. The minimum Gasteiger partial charge on any atom is -0.441 e. The number of rotatable bonds is 3. The van der Waals surface area contributed by atoms with Crippen LogP contribution in [0.15, 0.2) is 24.3 Å². The largest absolute Gasteiger partial charge is 0.441 e. The second-order valence-electron chi connectivity index (χ2n) is 6.70. The van der Waals surface area contributed by atoms with Gasteiger partial charge < -0.3 is 14.2 Å². The molecule has 0 spiro atoms. The summed E-state index contributed by atoms with van der Waals surface area (Å²) in [5.74, 6) is 2.88. The van der Waals surface area contributed by atoms with Crippen LogP contribution in [0.2, 0.25) is 0 Å². The molecule has 0 unspecified atom stereocenters. The lowest BCUT2D eigenvalue weighted by atomic mass is 9.79. The smallest absolute Gasteiger partial charge is 0.315 e. The summed E-state index contributed by atoms with van der Waals surface area (Å²) < 4.78 is 16.7. The fourth-order valence-corrected chi connectivity index (χ4v) is 3.17. The Kier molecular flexibility index (Phi) is 4.81. The van der Waals surface area contributed by atoms with Gasteiger partial charge in [-0.3, -0.25) is 0 Å². The Hall–Kier alpha value is -1.06. The average Bonchev–Trinajstić information content (AvgIpc) is 2.51. The molecule has 3 rings (SSSR count). The summed E-state index contributed by atoms with van der Waals surface area (Å²) in [5.41, 5.74) is 1.44. The van der Waals surface area contributed by atoms with E-state index in [1.165, 1.54) is 31.2 Å². The highest BCUT2D eigenvalue weighted by Crippen LogP contribution is 2.36. The van der Waals surface area contributed by atoms with Crippen LogP contribution in [0.25, 0.3) is 0 Å². The van der Waals surface area contributed by atoms with Gasteiger partial charge in [0.05, 0.1) is 13.2 Å². The number of hydrogen-bond donors (Lipinski definition) is 0. The summed E-state index contributed by atoms with van der Waals surface area (Å²) in [7, 11) is 0. The van der Waals surface area contributed by atoms with E-state index in [2.05, 4.69) is 26.0 Å². The normalized spacial score (nSPS) is 33.6. The molecule has 1 aliphatic heterocycles. The molecule has 0 amide bonds. The van der Waals surface area contributed by atoms with Crippen LogP contribution >= 0.6 is 0 Å². The first-order valence-corrected chi connectivity index (χ1v) is 8.20. The molecule has 1 aromatic rings. The highest BCUT2D eigenvalue weighted by molar-refractivity contribution is 5.29. The van der Waals surface area contributed by atoms with E-state index in [1.807, 2.05) is 12.1 Å². The van der Waals surface area contributed by atoms with E-state index in [0.29, 0.717) is 19.1 Å². The Bertz CT molecular complexity index is 426. The number of hydrogen-bond acceptors (Lipinski definition) is 3. The van der Waals surface area contributed by atoms with Crippen LogP contribution in [0.3, 0.4) is 0 Å². The molecule has 0 radical (unpaired) electrons. The van der Waals surface area contributed by atoms with Crippen LogP contribution in [0.1, 0.15) is 51.0 Å². The Balaban J connectivity index is 1.54. The molecule has 1 saturated carbocycles. The van der Waals surface area contributed by atoms with Crippen LogP contribution in [-0.4, -0.2) is 19.7 Å². The number of ether oxygens (including phenoxy) is 3. The van der Waals surface area contributed by atoms with E-state index in [9.17, 15) is 0 Å². The minimum absolute atomic E-state index is 0.445. The average molecular weight is 290 g/mol. The van der Waals surface area contributed by atoms with E-state index in [4.69, 9.17) is 14.2 Å². The zero-order chi connectivity index (χ0) is 14.7. The third-order valence-electron chi connectivity index (χ3n) is 4.63. The highest BCUT2D eigenvalue weighted by atomic mass is 16.8. The SMILES string of the molecule is CC1CCC(c2ccc(OC3OCC(C)CO3)cc2)CC1. The molecule has 0 N–H and O–H groups in total. The Morgan fingerprint density at radius 1 is 0.857 bits per heavy atom. The molecule has 1 aliphatic carbocycles. The molecule has 0 bridgehead atoms. The maximum atomic E-state index is 5.72. The van der Waals surface area contributed by atoms with Crippen LogP contribution < -0.4 is 4.74 Å². The lowest BCUT2D eigenvalue weighted by molar-refractivity contribution is -0.285. The van der Waals surface area contributed by atoms with E-state index >= 15 is 0 Å². The Morgan fingerprint density at radius 2 is 1.48 bits per heavy atom. The predicted octanol–water partition coefficient (Wildman–Crippen LogP) is 4.33. The van der Waals surface area contributed by atoms with E-state index in [-0.39, 0.29) is 0 Å². The Labute approximate surface area is 127 Å². The maximum absolute atomic E-state index is 5.72. The van der Waals surface area contributed by atoms with E-state index in [1.54, 1.807) is 0 Å². The third-order valence-corrected chi connectivity index (χ3v) is 4.63. The molecule has 2 aliphatic rings. The van der Waals surface area contributed by atoms with Gasteiger partial charge in [0.15, 0.2) is 0 Å². The second-order valence-corrected chi connectivity index (χ2v) is 6.70. The Morgan fingerprint density at radius 3 is 2.10 bits per heavy atom. The van der Waals surface area contributed by atoms with E-state index in [0.717, 1.165) is 17.6 Å². The van der Waals surface area contributed by atoms with Gasteiger partial charge in [-0.15, -0.1) is 0 Å². The molecule has 1 saturated heterocycles. The second kappa shape index (κ2) is 6.80. The first kappa shape index (κ1) is 14.9. The molecule has 1 heterocycles. The van der Waals surface area contributed by atoms with Crippen LogP contribution in [0.4, 0.5) is 0 Å². The van der Waals surface area contributed by atoms with Crippen LogP contribution in [-0.2, 0) is 9.47 Å². The van der Waals surface area contributed by atoms with Gasteiger partial charge in [0.25, 0.3) is 0 Å². The zero-order valence-electron chi connectivity index (χ0n) is 13.1. The predicted molar refractivity (Wildman–Crippen MR) is 82.3 cm³/mol. The molecular formula is C18H26O3. The molecule has 1 aromatic carbocycles. The van der Waals surface area contributed by atoms with Gasteiger partial charge in [0.2, 0.25) is 0 Å². The molecule has 2 fully saturated rings. The van der Waals surface area contributed by atoms with Gasteiger partial charge in [-0.05, 0) is 42.4 Å². The van der Waals surface area contributed by atoms with Crippen molar-refractivity contribution in [3.8, 4) is 5.75 Å². The van der Waals surface area contributed by atoms with Crippen molar-refractivity contribution in [1.29, 1.82) is 0 Å². The first-order valence-electron chi connectivity index (χ1n) is 8.20. The summed E-state index contributed by atoms with van der Waals surface area (Å²) in [6.07, 6.45) is 5.33. The lowest BCUT2D eigenvalue weighted by Crippen LogP contribution is -2.34.